The van der Waals surface area contributed by atoms with Gasteiger partial charge in [-0.1, -0.05) is 26.0 Å². The van der Waals surface area contributed by atoms with Crippen LogP contribution >= 0.6 is 0 Å². The number of hydrogen-bond acceptors (Lipinski definition) is 4. The molecular formula is C21H35N3O3S. The Labute approximate surface area is 170 Å². The van der Waals surface area contributed by atoms with Crippen molar-refractivity contribution in [2.75, 3.05) is 26.2 Å². The summed E-state index contributed by atoms with van der Waals surface area (Å²) in [5.74, 6) is 1.24. The number of piperidine rings is 1. The van der Waals surface area contributed by atoms with Crippen molar-refractivity contribution in [3.8, 4) is 0 Å². The number of hydrogen-bond donors (Lipinski definition) is 2. The highest BCUT2D eigenvalue weighted by molar-refractivity contribution is 7.89. The average Bonchev–Trinajstić information content (AvgIpc) is 2.55. The Morgan fingerprint density at radius 2 is 1.86 bits per heavy atom. The van der Waals surface area contributed by atoms with Crippen molar-refractivity contribution < 1.29 is 13.2 Å². The Bertz CT molecular complexity index is 769. The first kappa shape index (κ1) is 22.8. The molecule has 1 amide bonds. The maximum Gasteiger partial charge on any atom is 0.240 e. The Balaban J connectivity index is 1.78. The van der Waals surface area contributed by atoms with E-state index in [1.54, 1.807) is 19.1 Å². The maximum atomic E-state index is 12.5. The van der Waals surface area contributed by atoms with Gasteiger partial charge >= 0.3 is 0 Å². The fraction of sp³-hybridized carbons (Fsp3) is 0.667. The van der Waals surface area contributed by atoms with E-state index in [1.807, 2.05) is 19.9 Å². The van der Waals surface area contributed by atoms with Crippen LogP contribution in [0.4, 0.5) is 0 Å². The average molecular weight is 410 g/mol. The quantitative estimate of drug-likeness (QED) is 0.691. The number of nitrogens with one attached hydrogen (secondary N) is 2. The zero-order valence-corrected chi connectivity index (χ0v) is 18.6. The standard InChI is InChI=1S/C21H35N3O3S/c1-15-6-7-18(4)20(11-15)28(26,27)22-9-8-21(25)23-19(5)14-24-12-16(2)10-17(3)13-24/h6-7,11,16-17,19,22H,8-10,12-14H2,1-5H3,(H,23,25). The van der Waals surface area contributed by atoms with Crippen LogP contribution in [0.15, 0.2) is 23.1 Å². The summed E-state index contributed by atoms with van der Waals surface area (Å²) in [5.41, 5.74) is 1.58. The Morgan fingerprint density at radius 1 is 1.21 bits per heavy atom. The third-order valence-corrected chi connectivity index (χ3v) is 6.76. The number of aryl methyl sites for hydroxylation is 2. The second-order valence-electron chi connectivity index (χ2n) is 8.55. The first-order valence-electron chi connectivity index (χ1n) is 10.2. The van der Waals surface area contributed by atoms with Gasteiger partial charge in [0.25, 0.3) is 0 Å². The summed E-state index contributed by atoms with van der Waals surface area (Å²) in [7, 11) is -3.61. The fourth-order valence-corrected chi connectivity index (χ4v) is 5.45. The molecule has 0 bridgehead atoms. The normalized spacial score (nSPS) is 22.0. The van der Waals surface area contributed by atoms with Crippen LogP contribution in [-0.4, -0.2) is 51.4 Å². The van der Waals surface area contributed by atoms with Crippen LogP contribution in [0, 0.1) is 25.7 Å². The lowest BCUT2D eigenvalue weighted by Crippen LogP contribution is -2.47. The molecule has 1 aliphatic heterocycles. The number of nitrogens with zero attached hydrogens (tertiary/aromatic N) is 1. The van der Waals surface area contributed by atoms with Gasteiger partial charge < -0.3 is 10.2 Å². The van der Waals surface area contributed by atoms with Crippen LogP contribution in [0.1, 0.15) is 44.7 Å². The highest BCUT2D eigenvalue weighted by Crippen LogP contribution is 2.21. The van der Waals surface area contributed by atoms with E-state index in [2.05, 4.69) is 28.8 Å². The molecule has 0 aromatic heterocycles. The second-order valence-corrected chi connectivity index (χ2v) is 10.3. The maximum absolute atomic E-state index is 12.5. The largest absolute Gasteiger partial charge is 0.352 e. The van der Waals surface area contributed by atoms with E-state index in [1.165, 1.54) is 6.42 Å². The molecule has 0 saturated carbocycles. The van der Waals surface area contributed by atoms with Gasteiger partial charge in [0.1, 0.15) is 0 Å². The SMILES string of the molecule is Cc1ccc(C)c(S(=O)(=O)NCCC(=O)NC(C)CN2CC(C)CC(C)C2)c1. The molecule has 28 heavy (non-hydrogen) atoms. The van der Waals surface area contributed by atoms with Gasteiger partial charge in [0, 0.05) is 38.6 Å². The number of sulfonamides is 1. The molecule has 158 valence electrons. The van der Waals surface area contributed by atoms with Crippen molar-refractivity contribution in [3.05, 3.63) is 29.3 Å². The summed E-state index contributed by atoms with van der Waals surface area (Å²) in [6, 6.07) is 5.37. The van der Waals surface area contributed by atoms with Crippen LogP contribution in [0.2, 0.25) is 0 Å². The first-order chi connectivity index (χ1) is 13.1. The van der Waals surface area contributed by atoms with Gasteiger partial charge in [0.05, 0.1) is 4.90 Å². The van der Waals surface area contributed by atoms with Gasteiger partial charge in [-0.3, -0.25) is 4.79 Å². The minimum absolute atomic E-state index is 0.0422. The number of benzene rings is 1. The van der Waals surface area contributed by atoms with Crippen molar-refractivity contribution in [1.82, 2.24) is 14.9 Å². The molecule has 2 N–H and O–H groups in total. The van der Waals surface area contributed by atoms with E-state index in [0.717, 1.165) is 25.2 Å². The Hall–Kier alpha value is -1.44. The molecule has 1 heterocycles. The van der Waals surface area contributed by atoms with Gasteiger partial charge in [-0.2, -0.15) is 0 Å². The third kappa shape index (κ3) is 6.87. The fourth-order valence-electron chi connectivity index (χ4n) is 4.09. The number of carbonyl (C=O) groups excluding carboxylic acids is 1. The minimum atomic E-state index is -3.61. The zero-order valence-electron chi connectivity index (χ0n) is 17.8. The van der Waals surface area contributed by atoms with E-state index < -0.39 is 10.0 Å². The summed E-state index contributed by atoms with van der Waals surface area (Å²) in [6.07, 6.45) is 1.39. The van der Waals surface area contributed by atoms with Crippen LogP contribution < -0.4 is 10.0 Å². The van der Waals surface area contributed by atoms with Crippen molar-refractivity contribution in [2.45, 2.75) is 58.4 Å². The van der Waals surface area contributed by atoms with Crippen LogP contribution in [0.5, 0.6) is 0 Å². The van der Waals surface area contributed by atoms with Gasteiger partial charge in [-0.25, -0.2) is 13.1 Å². The molecule has 1 saturated heterocycles. The predicted molar refractivity (Wildman–Crippen MR) is 113 cm³/mol. The highest BCUT2D eigenvalue weighted by Gasteiger charge is 2.23. The molecule has 1 aliphatic rings. The summed E-state index contributed by atoms with van der Waals surface area (Å²) in [4.78, 5) is 14.9. The summed E-state index contributed by atoms with van der Waals surface area (Å²) < 4.78 is 27.5. The molecule has 3 atom stereocenters. The van der Waals surface area contributed by atoms with Gasteiger partial charge in [0.2, 0.25) is 15.9 Å². The highest BCUT2D eigenvalue weighted by atomic mass is 32.2. The predicted octanol–water partition coefficient (Wildman–Crippen LogP) is 2.45. The van der Waals surface area contributed by atoms with E-state index in [-0.39, 0.29) is 29.8 Å². The van der Waals surface area contributed by atoms with Crippen molar-refractivity contribution in [3.63, 3.8) is 0 Å². The molecule has 0 spiro atoms. The van der Waals surface area contributed by atoms with E-state index in [4.69, 9.17) is 0 Å². The van der Waals surface area contributed by atoms with E-state index in [9.17, 15) is 13.2 Å². The lowest BCUT2D eigenvalue weighted by molar-refractivity contribution is -0.121. The number of amides is 1. The Morgan fingerprint density at radius 3 is 2.50 bits per heavy atom. The second kappa shape index (κ2) is 9.85. The van der Waals surface area contributed by atoms with Gasteiger partial charge in [-0.15, -0.1) is 0 Å². The smallest absolute Gasteiger partial charge is 0.240 e. The summed E-state index contributed by atoms with van der Waals surface area (Å²) >= 11 is 0. The summed E-state index contributed by atoms with van der Waals surface area (Å²) in [5, 5.41) is 2.99. The zero-order chi connectivity index (χ0) is 20.9. The molecule has 3 unspecified atom stereocenters. The Kier molecular flexibility index (Phi) is 8.04. The molecule has 0 aliphatic carbocycles. The molecule has 1 fully saturated rings. The van der Waals surface area contributed by atoms with Crippen molar-refractivity contribution >= 4 is 15.9 Å². The minimum Gasteiger partial charge on any atom is -0.352 e. The third-order valence-electron chi connectivity index (χ3n) is 5.16. The molecule has 1 aromatic carbocycles. The lowest BCUT2D eigenvalue weighted by Gasteiger charge is -2.36. The van der Waals surface area contributed by atoms with Crippen LogP contribution in [0.3, 0.4) is 0 Å². The number of carbonyl (C=O) groups is 1. The molecule has 0 radical (unpaired) electrons. The molecule has 2 rings (SSSR count). The molecule has 7 heteroatoms. The molecule has 1 aromatic rings. The molecular weight excluding hydrogens is 374 g/mol. The summed E-state index contributed by atoms with van der Waals surface area (Å²) in [6.45, 7) is 13.2. The van der Waals surface area contributed by atoms with Gasteiger partial charge in [-0.05, 0) is 56.2 Å². The topological polar surface area (TPSA) is 78.5 Å². The van der Waals surface area contributed by atoms with Crippen LogP contribution in [-0.2, 0) is 14.8 Å². The van der Waals surface area contributed by atoms with Crippen LogP contribution in [0.25, 0.3) is 0 Å². The first-order valence-corrected chi connectivity index (χ1v) is 11.6. The van der Waals surface area contributed by atoms with Crippen molar-refractivity contribution in [1.29, 1.82) is 0 Å². The monoisotopic (exact) mass is 409 g/mol. The van der Waals surface area contributed by atoms with Gasteiger partial charge in [0.15, 0.2) is 0 Å². The van der Waals surface area contributed by atoms with E-state index >= 15 is 0 Å². The van der Waals surface area contributed by atoms with Crippen molar-refractivity contribution in [2.24, 2.45) is 11.8 Å². The number of rotatable bonds is 8. The molecule has 6 nitrogen and oxygen atoms in total. The number of likely N-dealkylation sites (tertiary alicyclic amines) is 1. The van der Waals surface area contributed by atoms with E-state index in [0.29, 0.717) is 17.4 Å². The lowest BCUT2D eigenvalue weighted by atomic mass is 9.92.